The zero-order valence-electron chi connectivity index (χ0n) is 12.0. The van der Waals surface area contributed by atoms with Gasteiger partial charge in [0.1, 0.15) is 0 Å². The Kier molecular flexibility index (Phi) is 4.26. The summed E-state index contributed by atoms with van der Waals surface area (Å²) in [4.78, 5) is 35.8. The topological polar surface area (TPSA) is 74.7 Å². The number of hydrogen-bond acceptors (Lipinski definition) is 4. The minimum atomic E-state index is -0.701. The van der Waals surface area contributed by atoms with Crippen molar-refractivity contribution in [2.45, 2.75) is 39.0 Å². The second-order valence-corrected chi connectivity index (χ2v) is 5.78. The van der Waals surface area contributed by atoms with Crippen LogP contribution in [0.1, 0.15) is 38.2 Å². The molecule has 1 aliphatic rings. The van der Waals surface area contributed by atoms with E-state index < -0.39 is 5.97 Å². The van der Waals surface area contributed by atoms with Gasteiger partial charge in [0.05, 0.1) is 11.6 Å². The Balaban J connectivity index is 1.95. The standard InChI is InChI=1S/C15H21NO4/c1-3-11-12(14(18)13(11)17)16(2)8-9-4-6-10(7-5-9)15(19)20/h9-10H,3-8H2,1-2H3,(H,19,20). The maximum atomic E-state index is 11.6. The third-order valence-corrected chi connectivity index (χ3v) is 4.44. The molecule has 0 spiro atoms. The molecule has 1 aliphatic carbocycles. The normalized spacial score (nSPS) is 22.9. The highest BCUT2D eigenvalue weighted by Gasteiger charge is 2.28. The maximum Gasteiger partial charge on any atom is 0.306 e. The molecule has 1 saturated carbocycles. The lowest BCUT2D eigenvalue weighted by Crippen LogP contribution is -2.44. The van der Waals surface area contributed by atoms with Crippen molar-refractivity contribution < 1.29 is 9.90 Å². The van der Waals surface area contributed by atoms with Crippen LogP contribution < -0.4 is 15.8 Å². The van der Waals surface area contributed by atoms with Crippen LogP contribution in [0.5, 0.6) is 0 Å². The molecule has 0 unspecified atom stereocenters. The molecule has 0 heterocycles. The van der Waals surface area contributed by atoms with Gasteiger partial charge < -0.3 is 10.0 Å². The first-order chi connectivity index (χ1) is 9.45. The number of carboxylic acid groups (broad SMARTS) is 1. The van der Waals surface area contributed by atoms with Gasteiger partial charge in [0.15, 0.2) is 0 Å². The highest BCUT2D eigenvalue weighted by Crippen LogP contribution is 2.30. The van der Waals surface area contributed by atoms with Gasteiger partial charge in [0.25, 0.3) is 0 Å². The molecule has 0 aromatic heterocycles. The lowest BCUT2D eigenvalue weighted by Gasteiger charge is -2.31. The molecule has 0 bridgehead atoms. The second-order valence-electron chi connectivity index (χ2n) is 5.78. The van der Waals surface area contributed by atoms with Crippen molar-refractivity contribution in [2.24, 2.45) is 11.8 Å². The Morgan fingerprint density at radius 2 is 1.80 bits per heavy atom. The molecule has 5 heteroatoms. The first-order valence-corrected chi connectivity index (χ1v) is 7.21. The summed E-state index contributed by atoms with van der Waals surface area (Å²) in [5.74, 6) is -0.508. The summed E-state index contributed by atoms with van der Waals surface area (Å²) in [5, 5.41) is 8.97. The van der Waals surface area contributed by atoms with Gasteiger partial charge in [-0.25, -0.2) is 0 Å². The average Bonchev–Trinajstić information content (AvgIpc) is 2.43. The SMILES string of the molecule is CCc1c(N(C)CC2CCC(C(=O)O)CC2)c(=O)c1=O. The summed E-state index contributed by atoms with van der Waals surface area (Å²) in [6.07, 6.45) is 3.76. The summed E-state index contributed by atoms with van der Waals surface area (Å²) in [6, 6.07) is 0. The number of aliphatic carboxylic acids is 1. The van der Waals surface area contributed by atoms with Crippen LogP contribution in [-0.2, 0) is 11.2 Å². The Labute approximate surface area is 117 Å². The lowest BCUT2D eigenvalue weighted by molar-refractivity contribution is -0.143. The first-order valence-electron chi connectivity index (χ1n) is 7.21. The van der Waals surface area contributed by atoms with Crippen molar-refractivity contribution in [1.82, 2.24) is 0 Å². The van der Waals surface area contributed by atoms with Crippen LogP contribution in [-0.4, -0.2) is 24.7 Å². The van der Waals surface area contributed by atoms with E-state index in [1.807, 2.05) is 18.9 Å². The van der Waals surface area contributed by atoms with E-state index in [1.54, 1.807) is 0 Å². The van der Waals surface area contributed by atoms with E-state index in [9.17, 15) is 14.4 Å². The molecule has 0 saturated heterocycles. The van der Waals surface area contributed by atoms with E-state index in [2.05, 4.69) is 0 Å². The molecule has 5 nitrogen and oxygen atoms in total. The van der Waals surface area contributed by atoms with E-state index in [-0.39, 0.29) is 16.8 Å². The Morgan fingerprint density at radius 1 is 1.20 bits per heavy atom. The largest absolute Gasteiger partial charge is 0.481 e. The lowest BCUT2D eigenvalue weighted by atomic mass is 9.81. The minimum absolute atomic E-state index is 0.214. The molecule has 110 valence electrons. The van der Waals surface area contributed by atoms with Crippen LogP contribution >= 0.6 is 0 Å². The van der Waals surface area contributed by atoms with Crippen LogP contribution in [0.4, 0.5) is 5.69 Å². The van der Waals surface area contributed by atoms with Crippen molar-refractivity contribution in [3.63, 3.8) is 0 Å². The monoisotopic (exact) mass is 279 g/mol. The van der Waals surface area contributed by atoms with Crippen LogP contribution in [0, 0.1) is 11.8 Å². The van der Waals surface area contributed by atoms with Crippen molar-refractivity contribution in [2.75, 3.05) is 18.5 Å². The van der Waals surface area contributed by atoms with Crippen molar-refractivity contribution in [3.8, 4) is 0 Å². The van der Waals surface area contributed by atoms with Gasteiger partial charge in [-0.05, 0) is 38.0 Å². The van der Waals surface area contributed by atoms with Crippen molar-refractivity contribution >= 4 is 11.7 Å². The van der Waals surface area contributed by atoms with E-state index in [0.717, 1.165) is 19.4 Å². The van der Waals surface area contributed by atoms with Crippen molar-refractivity contribution in [1.29, 1.82) is 0 Å². The van der Waals surface area contributed by atoms with Gasteiger partial charge in [-0.3, -0.25) is 14.4 Å². The van der Waals surface area contributed by atoms with Crippen molar-refractivity contribution in [3.05, 3.63) is 26.0 Å². The van der Waals surface area contributed by atoms with Gasteiger partial charge in [0, 0.05) is 19.2 Å². The third-order valence-electron chi connectivity index (χ3n) is 4.44. The molecule has 0 radical (unpaired) electrons. The molecular formula is C15H21NO4. The fourth-order valence-corrected chi connectivity index (χ4v) is 3.23. The molecule has 2 rings (SSSR count). The van der Waals surface area contributed by atoms with E-state index in [0.29, 0.717) is 36.4 Å². The highest BCUT2D eigenvalue weighted by molar-refractivity contribution is 5.70. The molecular weight excluding hydrogens is 258 g/mol. The quantitative estimate of drug-likeness (QED) is 0.819. The zero-order chi connectivity index (χ0) is 14.9. The zero-order valence-corrected chi connectivity index (χ0v) is 12.0. The maximum absolute atomic E-state index is 11.6. The summed E-state index contributed by atoms with van der Waals surface area (Å²) < 4.78 is 0. The predicted octanol–water partition coefficient (Wildman–Crippen LogP) is 1.17. The predicted molar refractivity (Wildman–Crippen MR) is 77.1 cm³/mol. The average molecular weight is 279 g/mol. The number of hydrogen-bond donors (Lipinski definition) is 1. The fraction of sp³-hybridized carbons (Fsp3) is 0.667. The molecule has 20 heavy (non-hydrogen) atoms. The second kappa shape index (κ2) is 5.77. The van der Waals surface area contributed by atoms with Crippen LogP contribution in [0.25, 0.3) is 0 Å². The Hall–Kier alpha value is -1.65. The van der Waals surface area contributed by atoms with Gasteiger partial charge in [-0.15, -0.1) is 0 Å². The van der Waals surface area contributed by atoms with Gasteiger partial charge in [-0.1, -0.05) is 6.92 Å². The molecule has 1 aromatic carbocycles. The van der Waals surface area contributed by atoms with Gasteiger partial charge >= 0.3 is 5.97 Å². The summed E-state index contributed by atoms with van der Waals surface area (Å²) in [5.41, 5.74) is 0.488. The Bertz CT molecular complexity index is 563. The first kappa shape index (κ1) is 14.8. The molecule has 0 atom stereocenters. The molecule has 1 N–H and O–H groups in total. The summed E-state index contributed by atoms with van der Waals surface area (Å²) >= 11 is 0. The number of rotatable bonds is 5. The molecule has 1 aromatic rings. The minimum Gasteiger partial charge on any atom is -0.481 e. The van der Waals surface area contributed by atoms with Crippen LogP contribution in [0.3, 0.4) is 0 Å². The van der Waals surface area contributed by atoms with E-state index in [1.165, 1.54) is 0 Å². The van der Waals surface area contributed by atoms with E-state index >= 15 is 0 Å². The number of nitrogens with zero attached hydrogens (tertiary/aromatic N) is 1. The summed E-state index contributed by atoms with van der Waals surface area (Å²) in [6.45, 7) is 2.61. The third kappa shape index (κ3) is 2.62. The van der Waals surface area contributed by atoms with Gasteiger partial charge in [-0.2, -0.15) is 0 Å². The number of anilines is 1. The number of carbonyl (C=O) groups is 1. The highest BCUT2D eigenvalue weighted by atomic mass is 16.4. The molecule has 1 fully saturated rings. The molecule has 0 amide bonds. The van der Waals surface area contributed by atoms with Crippen LogP contribution in [0.2, 0.25) is 0 Å². The summed E-state index contributed by atoms with van der Waals surface area (Å²) in [7, 11) is 1.85. The Morgan fingerprint density at radius 3 is 2.30 bits per heavy atom. The van der Waals surface area contributed by atoms with Crippen LogP contribution in [0.15, 0.2) is 9.59 Å². The van der Waals surface area contributed by atoms with Gasteiger partial charge in [0.2, 0.25) is 10.9 Å². The number of carboxylic acids is 1. The smallest absolute Gasteiger partial charge is 0.306 e. The molecule has 0 aliphatic heterocycles. The fourth-order valence-electron chi connectivity index (χ4n) is 3.23. The van der Waals surface area contributed by atoms with E-state index in [4.69, 9.17) is 5.11 Å².